The highest BCUT2D eigenvalue weighted by Crippen LogP contribution is 2.19. The van der Waals surface area contributed by atoms with E-state index in [0.717, 1.165) is 18.5 Å². The average Bonchev–Trinajstić information content (AvgIpc) is 3.10. The van der Waals surface area contributed by atoms with Crippen molar-refractivity contribution in [2.75, 3.05) is 10.6 Å². The molecule has 0 spiro atoms. The van der Waals surface area contributed by atoms with Gasteiger partial charge in [0.05, 0.1) is 5.69 Å². The molecule has 1 heterocycles. The van der Waals surface area contributed by atoms with E-state index in [2.05, 4.69) is 20.9 Å². The number of halogens is 1. The van der Waals surface area contributed by atoms with Crippen molar-refractivity contribution >= 4 is 45.7 Å². The molecule has 27 heavy (non-hydrogen) atoms. The van der Waals surface area contributed by atoms with Crippen molar-refractivity contribution in [2.24, 2.45) is 0 Å². The first-order valence-electron chi connectivity index (χ1n) is 9.16. The zero-order valence-corrected chi connectivity index (χ0v) is 16.5. The Bertz CT molecular complexity index is 772. The molecule has 8 heteroatoms. The standard InChI is InChI=1S/C19H23ClN4O2S/c20-13-6-8-15(9-7-13)21-17(25)11-10-16-12-27-19(23-16)24-18(26)22-14-4-2-1-3-5-14/h6-9,12,14H,1-5,10-11H2,(H,21,25)(H2,22,23,24,26). The summed E-state index contributed by atoms with van der Waals surface area (Å²) < 4.78 is 0. The van der Waals surface area contributed by atoms with E-state index in [1.165, 1.54) is 30.6 Å². The van der Waals surface area contributed by atoms with Gasteiger partial charge in [0, 0.05) is 28.6 Å². The highest BCUT2D eigenvalue weighted by atomic mass is 35.5. The molecular formula is C19H23ClN4O2S. The second-order valence-corrected chi connectivity index (χ2v) is 7.93. The maximum atomic E-state index is 12.1. The van der Waals surface area contributed by atoms with Crippen LogP contribution in [-0.4, -0.2) is 23.0 Å². The molecule has 3 rings (SSSR count). The minimum Gasteiger partial charge on any atom is -0.335 e. The van der Waals surface area contributed by atoms with Gasteiger partial charge in [-0.1, -0.05) is 30.9 Å². The number of hydrogen-bond donors (Lipinski definition) is 3. The number of nitrogens with zero attached hydrogens (tertiary/aromatic N) is 1. The van der Waals surface area contributed by atoms with Gasteiger partial charge in [-0.05, 0) is 43.5 Å². The van der Waals surface area contributed by atoms with Gasteiger partial charge in [-0.2, -0.15) is 0 Å². The van der Waals surface area contributed by atoms with E-state index in [1.54, 1.807) is 24.3 Å². The number of amides is 3. The van der Waals surface area contributed by atoms with Crippen molar-refractivity contribution in [3.05, 3.63) is 40.4 Å². The summed E-state index contributed by atoms with van der Waals surface area (Å²) in [6.07, 6.45) is 6.51. The van der Waals surface area contributed by atoms with Crippen LogP contribution in [-0.2, 0) is 11.2 Å². The minimum atomic E-state index is -0.205. The molecule has 1 aromatic heterocycles. The minimum absolute atomic E-state index is 0.0881. The van der Waals surface area contributed by atoms with Crippen LogP contribution >= 0.6 is 22.9 Å². The zero-order valence-electron chi connectivity index (χ0n) is 15.0. The molecule has 0 radical (unpaired) electrons. The molecule has 1 aromatic carbocycles. The third kappa shape index (κ3) is 6.52. The first-order chi connectivity index (χ1) is 13.1. The SMILES string of the molecule is O=C(CCc1csc(NC(=O)NC2CCCCC2)n1)Nc1ccc(Cl)cc1. The summed E-state index contributed by atoms with van der Waals surface area (Å²) >= 11 is 7.20. The maximum Gasteiger partial charge on any atom is 0.321 e. The second-order valence-electron chi connectivity index (χ2n) is 6.63. The highest BCUT2D eigenvalue weighted by molar-refractivity contribution is 7.13. The van der Waals surface area contributed by atoms with Gasteiger partial charge in [0.1, 0.15) is 0 Å². The predicted molar refractivity (Wildman–Crippen MR) is 110 cm³/mol. The van der Waals surface area contributed by atoms with Crippen LogP contribution in [0.1, 0.15) is 44.2 Å². The van der Waals surface area contributed by atoms with Gasteiger partial charge in [-0.15, -0.1) is 11.3 Å². The largest absolute Gasteiger partial charge is 0.335 e. The summed E-state index contributed by atoms with van der Waals surface area (Å²) in [6, 6.07) is 7.03. The summed E-state index contributed by atoms with van der Waals surface area (Å²) in [4.78, 5) is 28.5. The van der Waals surface area contributed by atoms with E-state index in [1.807, 2.05) is 5.38 Å². The number of hydrogen-bond acceptors (Lipinski definition) is 4. The molecule has 1 saturated carbocycles. The van der Waals surface area contributed by atoms with Crippen LogP contribution in [0.5, 0.6) is 0 Å². The number of nitrogens with one attached hydrogen (secondary N) is 3. The van der Waals surface area contributed by atoms with Crippen LogP contribution in [0.2, 0.25) is 5.02 Å². The van der Waals surface area contributed by atoms with Crippen LogP contribution in [0, 0.1) is 0 Å². The normalized spacial score (nSPS) is 14.6. The third-order valence-corrected chi connectivity index (χ3v) is 5.51. The molecule has 0 bridgehead atoms. The summed E-state index contributed by atoms with van der Waals surface area (Å²) in [5.41, 5.74) is 1.50. The maximum absolute atomic E-state index is 12.1. The Morgan fingerprint density at radius 1 is 1.11 bits per heavy atom. The van der Waals surface area contributed by atoms with Crippen molar-refractivity contribution in [1.29, 1.82) is 0 Å². The number of aromatic nitrogens is 1. The quantitative estimate of drug-likeness (QED) is 0.642. The van der Waals surface area contributed by atoms with Crippen LogP contribution in [0.25, 0.3) is 0 Å². The van der Waals surface area contributed by atoms with Crippen molar-refractivity contribution in [3.63, 3.8) is 0 Å². The van der Waals surface area contributed by atoms with Gasteiger partial charge in [0.25, 0.3) is 0 Å². The number of rotatable bonds is 6. The van der Waals surface area contributed by atoms with Gasteiger partial charge in [0.2, 0.25) is 5.91 Å². The number of urea groups is 1. The van der Waals surface area contributed by atoms with Gasteiger partial charge in [-0.25, -0.2) is 9.78 Å². The van der Waals surface area contributed by atoms with Gasteiger partial charge in [0.15, 0.2) is 5.13 Å². The summed E-state index contributed by atoms with van der Waals surface area (Å²) in [5.74, 6) is -0.0881. The van der Waals surface area contributed by atoms with Crippen molar-refractivity contribution < 1.29 is 9.59 Å². The number of carbonyl (C=O) groups is 2. The Morgan fingerprint density at radius 3 is 2.59 bits per heavy atom. The Morgan fingerprint density at radius 2 is 1.85 bits per heavy atom. The molecule has 1 fully saturated rings. The lowest BCUT2D eigenvalue weighted by Crippen LogP contribution is -2.38. The molecule has 2 aromatic rings. The lowest BCUT2D eigenvalue weighted by atomic mass is 9.96. The Labute approximate surface area is 167 Å². The summed E-state index contributed by atoms with van der Waals surface area (Å²) in [7, 11) is 0. The average molecular weight is 407 g/mol. The molecule has 6 nitrogen and oxygen atoms in total. The van der Waals surface area contributed by atoms with Gasteiger partial charge >= 0.3 is 6.03 Å². The molecule has 3 N–H and O–H groups in total. The fourth-order valence-electron chi connectivity index (χ4n) is 3.04. The number of carbonyl (C=O) groups excluding carboxylic acids is 2. The van der Waals surface area contributed by atoms with E-state index < -0.39 is 0 Å². The molecule has 0 saturated heterocycles. The fourth-order valence-corrected chi connectivity index (χ4v) is 3.91. The molecule has 1 aliphatic rings. The highest BCUT2D eigenvalue weighted by Gasteiger charge is 2.16. The number of benzene rings is 1. The fraction of sp³-hybridized carbons (Fsp3) is 0.421. The molecule has 144 valence electrons. The van der Waals surface area contributed by atoms with Crippen LogP contribution in [0.4, 0.5) is 15.6 Å². The molecule has 0 atom stereocenters. The summed E-state index contributed by atoms with van der Waals surface area (Å²) in [6.45, 7) is 0. The Hall–Kier alpha value is -2.12. The lowest BCUT2D eigenvalue weighted by molar-refractivity contribution is -0.116. The predicted octanol–water partition coefficient (Wildman–Crippen LogP) is 4.82. The van der Waals surface area contributed by atoms with E-state index in [9.17, 15) is 9.59 Å². The van der Waals surface area contributed by atoms with Crippen LogP contribution in [0.3, 0.4) is 0 Å². The Kier molecular flexibility index (Phi) is 7.06. The zero-order chi connectivity index (χ0) is 19.1. The van der Waals surface area contributed by atoms with E-state index in [4.69, 9.17) is 11.6 Å². The first kappa shape index (κ1) is 19.6. The first-order valence-corrected chi connectivity index (χ1v) is 10.4. The molecule has 3 amide bonds. The third-order valence-electron chi connectivity index (χ3n) is 4.45. The molecular weight excluding hydrogens is 384 g/mol. The van der Waals surface area contributed by atoms with E-state index in [-0.39, 0.29) is 18.0 Å². The van der Waals surface area contributed by atoms with Crippen molar-refractivity contribution in [3.8, 4) is 0 Å². The van der Waals surface area contributed by atoms with Gasteiger partial charge in [-0.3, -0.25) is 10.1 Å². The lowest BCUT2D eigenvalue weighted by Gasteiger charge is -2.22. The monoisotopic (exact) mass is 406 g/mol. The van der Waals surface area contributed by atoms with E-state index in [0.29, 0.717) is 28.7 Å². The summed E-state index contributed by atoms with van der Waals surface area (Å²) in [5, 5.41) is 11.7. The van der Waals surface area contributed by atoms with E-state index >= 15 is 0 Å². The second kappa shape index (κ2) is 9.71. The Balaban J connectivity index is 1.41. The molecule has 1 aliphatic carbocycles. The van der Waals surface area contributed by atoms with Crippen LogP contribution < -0.4 is 16.0 Å². The van der Waals surface area contributed by atoms with Crippen molar-refractivity contribution in [2.45, 2.75) is 51.0 Å². The smallest absolute Gasteiger partial charge is 0.321 e. The molecule has 0 unspecified atom stereocenters. The van der Waals surface area contributed by atoms with Crippen LogP contribution in [0.15, 0.2) is 29.6 Å². The molecule has 0 aliphatic heterocycles. The number of thiazole rings is 1. The topological polar surface area (TPSA) is 83.1 Å². The van der Waals surface area contributed by atoms with Gasteiger partial charge < -0.3 is 10.6 Å². The number of anilines is 2. The van der Waals surface area contributed by atoms with Crippen molar-refractivity contribution in [1.82, 2.24) is 10.3 Å². The number of aryl methyl sites for hydroxylation is 1.